The van der Waals surface area contributed by atoms with Gasteiger partial charge in [0.15, 0.2) is 5.60 Å². The Morgan fingerprint density at radius 1 is 1.09 bits per heavy atom. The molecule has 1 aliphatic rings. The summed E-state index contributed by atoms with van der Waals surface area (Å²) in [5, 5.41) is 16.7. The van der Waals surface area contributed by atoms with E-state index in [4.69, 9.17) is 15.2 Å². The molecule has 1 atom stereocenters. The molecule has 1 aliphatic carbocycles. The molecule has 1 fully saturated rings. The lowest BCUT2D eigenvalue weighted by Crippen LogP contribution is -2.30. The summed E-state index contributed by atoms with van der Waals surface area (Å²) in [7, 11) is 0. The zero-order valence-electron chi connectivity index (χ0n) is 19.0. The molecule has 170 valence electrons. The van der Waals surface area contributed by atoms with Gasteiger partial charge in [0.25, 0.3) is 0 Å². The third-order valence-electron chi connectivity index (χ3n) is 6.64. The van der Waals surface area contributed by atoms with Crippen molar-refractivity contribution >= 4 is 16.7 Å². The van der Waals surface area contributed by atoms with Crippen molar-refractivity contribution in [3.05, 3.63) is 94.9 Å². The predicted octanol–water partition coefficient (Wildman–Crippen LogP) is 4.97. The van der Waals surface area contributed by atoms with Crippen LogP contribution in [0.2, 0.25) is 0 Å². The van der Waals surface area contributed by atoms with Gasteiger partial charge in [-0.05, 0) is 74.2 Å². The van der Waals surface area contributed by atoms with E-state index in [0.29, 0.717) is 28.4 Å². The summed E-state index contributed by atoms with van der Waals surface area (Å²) in [4.78, 5) is 13.0. The number of aryl methyl sites for hydroxylation is 2. The number of benzene rings is 2. The van der Waals surface area contributed by atoms with Gasteiger partial charge in [0, 0.05) is 28.9 Å². The molecular weight excluding hydrogens is 426 g/mol. The molecule has 3 heterocycles. The molecule has 0 spiro atoms. The molecule has 0 amide bonds. The molecule has 6 rings (SSSR count). The third kappa shape index (κ3) is 3.20. The Labute approximate surface area is 196 Å². The second kappa shape index (κ2) is 7.53. The highest BCUT2D eigenvalue weighted by Gasteiger charge is 2.39. The van der Waals surface area contributed by atoms with Gasteiger partial charge in [-0.3, -0.25) is 4.98 Å². The van der Waals surface area contributed by atoms with E-state index in [9.17, 15) is 5.11 Å². The van der Waals surface area contributed by atoms with Crippen LogP contribution in [0, 0.1) is 13.8 Å². The molecule has 4 N–H and O–H groups in total. The molecule has 5 aromatic rings. The molecule has 1 unspecified atom stereocenters. The van der Waals surface area contributed by atoms with Crippen molar-refractivity contribution in [1.82, 2.24) is 20.1 Å². The Balaban J connectivity index is 1.69. The average Bonchev–Trinajstić information content (AvgIpc) is 3.53. The Morgan fingerprint density at radius 2 is 1.88 bits per heavy atom. The Morgan fingerprint density at radius 3 is 2.53 bits per heavy atom. The van der Waals surface area contributed by atoms with E-state index in [1.807, 2.05) is 50.2 Å². The first-order valence-corrected chi connectivity index (χ1v) is 11.4. The average molecular weight is 452 g/mol. The SMILES string of the molecule is Cc1noc(C)c1-c1cc(C(O)(c2ccc(N)cc2)c2ccccn2)c2nc(C3CC3)[nH]c2c1. The number of hydrogen-bond acceptors (Lipinski definition) is 6. The topological polar surface area (TPSA) is 114 Å². The Kier molecular flexibility index (Phi) is 4.57. The maximum atomic E-state index is 12.5. The number of nitrogens with one attached hydrogen (secondary N) is 1. The molecule has 0 saturated heterocycles. The van der Waals surface area contributed by atoms with E-state index >= 15 is 0 Å². The van der Waals surface area contributed by atoms with Crippen LogP contribution in [-0.2, 0) is 5.60 Å². The van der Waals surface area contributed by atoms with Crippen molar-refractivity contribution in [3.63, 3.8) is 0 Å². The zero-order valence-corrected chi connectivity index (χ0v) is 19.0. The largest absolute Gasteiger partial charge is 0.399 e. The Bertz CT molecular complexity index is 1480. The quantitative estimate of drug-likeness (QED) is 0.325. The monoisotopic (exact) mass is 451 g/mol. The number of pyridine rings is 1. The minimum Gasteiger partial charge on any atom is -0.399 e. The molecule has 7 heteroatoms. The fraction of sp³-hybridized carbons (Fsp3) is 0.222. The van der Waals surface area contributed by atoms with Gasteiger partial charge in [0.05, 0.1) is 22.4 Å². The molecule has 0 radical (unpaired) electrons. The number of hydrogen-bond donors (Lipinski definition) is 3. The fourth-order valence-electron chi connectivity index (χ4n) is 4.74. The summed E-state index contributed by atoms with van der Waals surface area (Å²) in [6.45, 7) is 3.82. The van der Waals surface area contributed by atoms with E-state index in [1.165, 1.54) is 0 Å². The summed E-state index contributed by atoms with van der Waals surface area (Å²) in [6.07, 6.45) is 3.93. The number of aliphatic hydroxyl groups is 1. The van der Waals surface area contributed by atoms with Gasteiger partial charge in [-0.2, -0.15) is 0 Å². The molecular formula is C27H25N5O2. The summed E-state index contributed by atoms with van der Waals surface area (Å²) >= 11 is 0. The second-order valence-electron chi connectivity index (χ2n) is 9.06. The Hall–Kier alpha value is -3.97. The first kappa shape index (κ1) is 20.6. The maximum Gasteiger partial charge on any atom is 0.159 e. The van der Waals surface area contributed by atoms with Crippen LogP contribution in [0.3, 0.4) is 0 Å². The first-order valence-electron chi connectivity index (χ1n) is 11.4. The van der Waals surface area contributed by atoms with Crippen molar-refractivity contribution in [2.24, 2.45) is 0 Å². The number of nitrogen functional groups attached to an aromatic ring is 1. The second-order valence-corrected chi connectivity index (χ2v) is 9.06. The van der Waals surface area contributed by atoms with Crippen LogP contribution in [-0.4, -0.2) is 25.2 Å². The van der Waals surface area contributed by atoms with Gasteiger partial charge in [-0.25, -0.2) is 4.98 Å². The highest BCUT2D eigenvalue weighted by Crippen LogP contribution is 2.44. The molecule has 7 nitrogen and oxygen atoms in total. The maximum absolute atomic E-state index is 12.5. The number of nitrogens with zero attached hydrogens (tertiary/aromatic N) is 3. The van der Waals surface area contributed by atoms with Crippen molar-refractivity contribution in [2.45, 2.75) is 38.2 Å². The molecule has 34 heavy (non-hydrogen) atoms. The zero-order chi connectivity index (χ0) is 23.4. The van der Waals surface area contributed by atoms with Crippen LogP contribution < -0.4 is 5.73 Å². The van der Waals surface area contributed by atoms with E-state index in [-0.39, 0.29) is 0 Å². The van der Waals surface area contributed by atoms with Crippen molar-refractivity contribution in [3.8, 4) is 11.1 Å². The molecule has 0 bridgehead atoms. The lowest BCUT2D eigenvalue weighted by atomic mass is 9.81. The van der Waals surface area contributed by atoms with Gasteiger partial charge < -0.3 is 20.3 Å². The third-order valence-corrected chi connectivity index (χ3v) is 6.64. The van der Waals surface area contributed by atoms with Gasteiger partial charge in [-0.15, -0.1) is 0 Å². The number of aromatic amines is 1. The number of imidazole rings is 1. The summed E-state index contributed by atoms with van der Waals surface area (Å²) < 4.78 is 5.46. The van der Waals surface area contributed by atoms with Crippen LogP contribution in [0.4, 0.5) is 5.69 Å². The smallest absolute Gasteiger partial charge is 0.159 e. The lowest BCUT2D eigenvalue weighted by Gasteiger charge is -2.29. The van der Waals surface area contributed by atoms with Crippen LogP contribution in [0.25, 0.3) is 22.2 Å². The minimum absolute atomic E-state index is 0.433. The molecule has 3 aromatic heterocycles. The number of aromatic nitrogens is 4. The standard InChI is InChI=1S/C27H25N5O2/c1-15-24(16(2)34-32-15)18-13-21(25-22(14-18)30-26(31-25)17-6-7-17)27(33,23-5-3-4-12-29-23)19-8-10-20(28)11-9-19/h3-5,8-14,17,33H,6-7,28H2,1-2H3,(H,30,31). The van der Waals surface area contributed by atoms with Crippen LogP contribution in [0.15, 0.2) is 65.3 Å². The van der Waals surface area contributed by atoms with E-state index in [1.54, 1.807) is 18.3 Å². The molecule has 2 aromatic carbocycles. The number of fused-ring (bicyclic) bond motifs is 1. The molecule has 1 saturated carbocycles. The van der Waals surface area contributed by atoms with Gasteiger partial charge in [0.2, 0.25) is 0 Å². The van der Waals surface area contributed by atoms with Crippen LogP contribution >= 0.6 is 0 Å². The van der Waals surface area contributed by atoms with Gasteiger partial charge in [0.1, 0.15) is 11.6 Å². The van der Waals surface area contributed by atoms with E-state index < -0.39 is 5.60 Å². The summed E-state index contributed by atoms with van der Waals surface area (Å²) in [5.41, 5.74) is 11.0. The van der Waals surface area contributed by atoms with Crippen molar-refractivity contribution in [1.29, 1.82) is 0 Å². The summed E-state index contributed by atoms with van der Waals surface area (Å²) in [5.74, 6) is 2.11. The van der Waals surface area contributed by atoms with Crippen LogP contribution in [0.5, 0.6) is 0 Å². The van der Waals surface area contributed by atoms with Crippen LogP contribution in [0.1, 0.15) is 52.9 Å². The fourth-order valence-corrected chi connectivity index (χ4v) is 4.74. The highest BCUT2D eigenvalue weighted by atomic mass is 16.5. The van der Waals surface area contributed by atoms with Crippen molar-refractivity contribution < 1.29 is 9.63 Å². The van der Waals surface area contributed by atoms with Gasteiger partial charge >= 0.3 is 0 Å². The lowest BCUT2D eigenvalue weighted by molar-refractivity contribution is 0.122. The highest BCUT2D eigenvalue weighted by molar-refractivity contribution is 5.88. The predicted molar refractivity (Wildman–Crippen MR) is 130 cm³/mol. The first-order chi connectivity index (χ1) is 16.4. The number of nitrogens with two attached hydrogens (primary N) is 1. The van der Waals surface area contributed by atoms with Gasteiger partial charge in [-0.1, -0.05) is 23.4 Å². The number of anilines is 1. The van der Waals surface area contributed by atoms with Crippen molar-refractivity contribution in [2.75, 3.05) is 5.73 Å². The normalized spacial score (nSPS) is 15.5. The molecule has 0 aliphatic heterocycles. The minimum atomic E-state index is -1.56. The number of rotatable bonds is 5. The van der Waals surface area contributed by atoms with E-state index in [2.05, 4.69) is 21.2 Å². The number of H-pyrrole nitrogens is 1. The summed E-state index contributed by atoms with van der Waals surface area (Å²) in [6, 6.07) is 16.8. The van der Waals surface area contributed by atoms with E-state index in [0.717, 1.165) is 52.3 Å².